The molecule has 0 unspecified atom stereocenters. The van der Waals surface area contributed by atoms with E-state index in [1.54, 1.807) is 14.2 Å². The Balaban J connectivity index is 3.08. The summed E-state index contributed by atoms with van der Waals surface area (Å²) in [6.45, 7) is 4.87. The molecule has 0 fully saturated rings. The quantitative estimate of drug-likeness (QED) is 0.773. The Hall–Kier alpha value is -1.22. The van der Waals surface area contributed by atoms with Crippen molar-refractivity contribution in [2.24, 2.45) is 5.73 Å². The highest BCUT2D eigenvalue weighted by atomic mass is 16.5. The van der Waals surface area contributed by atoms with Crippen LogP contribution < -0.4 is 15.2 Å². The topological polar surface area (TPSA) is 44.5 Å². The minimum absolute atomic E-state index is 0.740. The summed E-state index contributed by atoms with van der Waals surface area (Å²) in [5, 5.41) is 0. The van der Waals surface area contributed by atoms with E-state index >= 15 is 0 Å². The lowest BCUT2D eigenvalue weighted by atomic mass is 9.97. The van der Waals surface area contributed by atoms with Crippen molar-refractivity contribution in [2.75, 3.05) is 20.8 Å². The van der Waals surface area contributed by atoms with E-state index in [0.29, 0.717) is 0 Å². The van der Waals surface area contributed by atoms with Crippen LogP contribution in [0.1, 0.15) is 29.5 Å². The Bertz CT molecular complexity index is 375. The van der Waals surface area contributed by atoms with Crippen LogP contribution >= 0.6 is 0 Å². The normalized spacial score (nSPS) is 10.4. The Morgan fingerprint density at radius 2 is 1.82 bits per heavy atom. The van der Waals surface area contributed by atoms with Gasteiger partial charge >= 0.3 is 0 Å². The summed E-state index contributed by atoms with van der Waals surface area (Å²) < 4.78 is 10.9. The molecule has 0 spiro atoms. The lowest BCUT2D eigenvalue weighted by Gasteiger charge is -2.17. The van der Waals surface area contributed by atoms with E-state index in [1.165, 1.54) is 11.1 Å². The number of methoxy groups -OCH3 is 2. The van der Waals surface area contributed by atoms with Crippen molar-refractivity contribution in [2.45, 2.75) is 33.1 Å². The molecule has 0 aromatic heterocycles. The van der Waals surface area contributed by atoms with Gasteiger partial charge in [0.1, 0.15) is 11.5 Å². The second-order valence-electron chi connectivity index (χ2n) is 4.28. The van der Waals surface area contributed by atoms with Gasteiger partial charge in [0.15, 0.2) is 0 Å². The zero-order chi connectivity index (χ0) is 12.8. The molecule has 0 radical (unpaired) electrons. The molecule has 0 saturated heterocycles. The second kappa shape index (κ2) is 6.50. The molecular weight excluding hydrogens is 214 g/mol. The Kier molecular flexibility index (Phi) is 5.29. The number of benzene rings is 1. The first-order chi connectivity index (χ1) is 8.15. The summed E-state index contributed by atoms with van der Waals surface area (Å²) in [5.41, 5.74) is 9.08. The van der Waals surface area contributed by atoms with Gasteiger partial charge in [0, 0.05) is 5.56 Å². The van der Waals surface area contributed by atoms with Gasteiger partial charge in [0.2, 0.25) is 0 Å². The van der Waals surface area contributed by atoms with Gasteiger partial charge < -0.3 is 15.2 Å². The zero-order valence-electron chi connectivity index (χ0n) is 11.3. The summed E-state index contributed by atoms with van der Waals surface area (Å²) >= 11 is 0. The van der Waals surface area contributed by atoms with E-state index in [9.17, 15) is 0 Å². The SMILES string of the molecule is COc1cc(C)c(OC)c(CCCCN)c1C. The van der Waals surface area contributed by atoms with Crippen LogP contribution in [-0.4, -0.2) is 20.8 Å². The van der Waals surface area contributed by atoms with Gasteiger partial charge in [-0.15, -0.1) is 0 Å². The summed E-state index contributed by atoms with van der Waals surface area (Å²) in [6.07, 6.45) is 3.11. The molecule has 1 aromatic rings. The molecule has 1 aromatic carbocycles. The van der Waals surface area contributed by atoms with Crippen LogP contribution in [0, 0.1) is 13.8 Å². The smallest absolute Gasteiger partial charge is 0.125 e. The van der Waals surface area contributed by atoms with Crippen molar-refractivity contribution in [1.29, 1.82) is 0 Å². The van der Waals surface area contributed by atoms with Gasteiger partial charge in [0.25, 0.3) is 0 Å². The lowest BCUT2D eigenvalue weighted by Crippen LogP contribution is -2.03. The number of unbranched alkanes of at least 4 members (excludes halogenated alkanes) is 1. The molecule has 0 amide bonds. The first kappa shape index (κ1) is 13.8. The Morgan fingerprint density at radius 3 is 2.35 bits per heavy atom. The first-order valence-electron chi connectivity index (χ1n) is 6.06. The van der Waals surface area contributed by atoms with Crippen molar-refractivity contribution >= 4 is 0 Å². The molecule has 0 atom stereocenters. The number of hydrogen-bond donors (Lipinski definition) is 1. The van der Waals surface area contributed by atoms with Gasteiger partial charge in [-0.25, -0.2) is 0 Å². The minimum atomic E-state index is 0.740. The summed E-state index contributed by atoms with van der Waals surface area (Å²) in [7, 11) is 3.43. The van der Waals surface area contributed by atoms with E-state index in [1.807, 2.05) is 13.0 Å². The first-order valence-corrected chi connectivity index (χ1v) is 6.06. The van der Waals surface area contributed by atoms with Crippen molar-refractivity contribution in [3.63, 3.8) is 0 Å². The number of rotatable bonds is 6. The third-order valence-electron chi connectivity index (χ3n) is 3.11. The summed E-state index contributed by atoms with van der Waals surface area (Å²) in [4.78, 5) is 0. The van der Waals surface area contributed by atoms with E-state index in [4.69, 9.17) is 15.2 Å². The maximum atomic E-state index is 5.53. The van der Waals surface area contributed by atoms with Crippen LogP contribution in [-0.2, 0) is 6.42 Å². The van der Waals surface area contributed by atoms with Crippen LogP contribution in [0.25, 0.3) is 0 Å². The molecule has 0 aliphatic heterocycles. The summed E-state index contributed by atoms with van der Waals surface area (Å²) in [6, 6.07) is 2.03. The molecule has 1 rings (SSSR count). The van der Waals surface area contributed by atoms with Gasteiger partial charge in [0.05, 0.1) is 14.2 Å². The number of ether oxygens (including phenoxy) is 2. The molecule has 17 heavy (non-hydrogen) atoms. The highest BCUT2D eigenvalue weighted by Crippen LogP contribution is 2.34. The molecule has 0 aliphatic rings. The van der Waals surface area contributed by atoms with Gasteiger partial charge in [-0.1, -0.05) is 0 Å². The van der Waals surface area contributed by atoms with Crippen molar-refractivity contribution in [3.8, 4) is 11.5 Å². The Labute approximate surface area is 104 Å². The van der Waals surface area contributed by atoms with Gasteiger partial charge in [-0.3, -0.25) is 0 Å². The van der Waals surface area contributed by atoms with Crippen molar-refractivity contribution in [1.82, 2.24) is 0 Å². The van der Waals surface area contributed by atoms with Crippen LogP contribution in [0.5, 0.6) is 11.5 Å². The number of aryl methyl sites for hydroxylation is 1. The molecule has 3 nitrogen and oxygen atoms in total. The zero-order valence-corrected chi connectivity index (χ0v) is 11.3. The third-order valence-corrected chi connectivity index (χ3v) is 3.11. The maximum absolute atomic E-state index is 5.53. The molecule has 3 heteroatoms. The number of nitrogens with two attached hydrogens (primary N) is 1. The highest BCUT2D eigenvalue weighted by molar-refractivity contribution is 5.52. The average molecular weight is 237 g/mol. The largest absolute Gasteiger partial charge is 0.496 e. The minimum Gasteiger partial charge on any atom is -0.496 e. The number of hydrogen-bond acceptors (Lipinski definition) is 3. The molecule has 0 aliphatic carbocycles. The van der Waals surface area contributed by atoms with E-state index in [-0.39, 0.29) is 0 Å². The summed E-state index contributed by atoms with van der Waals surface area (Å²) in [5.74, 6) is 1.92. The van der Waals surface area contributed by atoms with Crippen LogP contribution in [0.3, 0.4) is 0 Å². The monoisotopic (exact) mass is 237 g/mol. The van der Waals surface area contributed by atoms with Crippen LogP contribution in [0.4, 0.5) is 0 Å². The fourth-order valence-electron chi connectivity index (χ4n) is 2.17. The third kappa shape index (κ3) is 3.13. The molecule has 0 bridgehead atoms. The van der Waals surface area contributed by atoms with E-state index in [2.05, 4.69) is 6.92 Å². The molecule has 96 valence electrons. The van der Waals surface area contributed by atoms with Gasteiger partial charge in [-0.05, 0) is 56.8 Å². The average Bonchev–Trinajstić information content (AvgIpc) is 2.33. The predicted octanol–water partition coefficient (Wildman–Crippen LogP) is 2.60. The molecule has 0 heterocycles. The fraction of sp³-hybridized carbons (Fsp3) is 0.571. The van der Waals surface area contributed by atoms with Gasteiger partial charge in [-0.2, -0.15) is 0 Å². The Morgan fingerprint density at radius 1 is 1.12 bits per heavy atom. The van der Waals surface area contributed by atoms with Crippen molar-refractivity contribution < 1.29 is 9.47 Å². The molecular formula is C14H23NO2. The highest BCUT2D eigenvalue weighted by Gasteiger charge is 2.14. The molecule has 2 N–H and O–H groups in total. The van der Waals surface area contributed by atoms with E-state index in [0.717, 1.165) is 42.9 Å². The van der Waals surface area contributed by atoms with Crippen LogP contribution in [0.15, 0.2) is 6.07 Å². The predicted molar refractivity (Wildman–Crippen MR) is 71.0 cm³/mol. The van der Waals surface area contributed by atoms with Crippen molar-refractivity contribution in [3.05, 3.63) is 22.8 Å². The molecule has 0 saturated carbocycles. The van der Waals surface area contributed by atoms with E-state index < -0.39 is 0 Å². The van der Waals surface area contributed by atoms with Crippen LogP contribution in [0.2, 0.25) is 0 Å². The maximum Gasteiger partial charge on any atom is 0.125 e. The standard InChI is InChI=1S/C14H23NO2/c1-10-9-13(16-3)11(2)12(14(10)17-4)7-5-6-8-15/h9H,5-8,15H2,1-4H3. The lowest BCUT2D eigenvalue weighted by molar-refractivity contribution is 0.392. The fourth-order valence-corrected chi connectivity index (χ4v) is 2.17. The second-order valence-corrected chi connectivity index (χ2v) is 4.28.